The Balaban J connectivity index is 2.18. The van der Waals surface area contributed by atoms with Crippen LogP contribution in [-0.4, -0.2) is 22.9 Å². The lowest BCUT2D eigenvalue weighted by molar-refractivity contribution is -0.404. The highest BCUT2D eigenvalue weighted by molar-refractivity contribution is 5.15. The zero-order valence-corrected chi connectivity index (χ0v) is 7.77. The molecule has 1 aliphatic heterocycles. The van der Waals surface area contributed by atoms with Gasteiger partial charge >= 0.3 is 0 Å². The lowest BCUT2D eigenvalue weighted by Gasteiger charge is -2.27. The summed E-state index contributed by atoms with van der Waals surface area (Å²) in [7, 11) is 0. The van der Waals surface area contributed by atoms with Gasteiger partial charge in [0.05, 0.1) is 10.6 Å². The van der Waals surface area contributed by atoms with Gasteiger partial charge in [-0.2, -0.15) is 0 Å². The summed E-state index contributed by atoms with van der Waals surface area (Å²) in [6.45, 7) is 3.98. The zero-order chi connectivity index (χ0) is 9.42. The van der Waals surface area contributed by atoms with Crippen molar-refractivity contribution in [1.82, 2.24) is 4.90 Å². The second-order valence-corrected chi connectivity index (χ2v) is 3.82. The number of fused-ring (bicyclic) bond motifs is 1. The molecule has 1 saturated carbocycles. The number of hydrogen-bond donors (Lipinski definition) is 0. The molecule has 13 heavy (non-hydrogen) atoms. The van der Waals surface area contributed by atoms with E-state index in [1.807, 2.05) is 0 Å². The van der Waals surface area contributed by atoms with E-state index in [-0.39, 0.29) is 4.92 Å². The van der Waals surface area contributed by atoms with Crippen LogP contribution in [0.2, 0.25) is 0 Å². The second-order valence-electron chi connectivity index (χ2n) is 3.82. The first-order chi connectivity index (χ1) is 6.22. The summed E-state index contributed by atoms with van der Waals surface area (Å²) in [5.74, 6) is 1.19. The molecular weight excluding hydrogens is 168 g/mol. The van der Waals surface area contributed by atoms with Gasteiger partial charge in [0.15, 0.2) is 0 Å². The van der Waals surface area contributed by atoms with E-state index in [9.17, 15) is 10.1 Å². The monoisotopic (exact) mass is 182 g/mol. The van der Waals surface area contributed by atoms with Crippen LogP contribution < -0.4 is 0 Å². The van der Waals surface area contributed by atoms with Gasteiger partial charge in [0, 0.05) is 19.0 Å². The van der Waals surface area contributed by atoms with E-state index >= 15 is 0 Å². The molecule has 0 spiro atoms. The summed E-state index contributed by atoms with van der Waals surface area (Å²) in [6, 6.07) is 0. The van der Waals surface area contributed by atoms with E-state index in [1.165, 1.54) is 12.6 Å². The molecule has 0 aromatic rings. The third kappa shape index (κ3) is 1.30. The zero-order valence-electron chi connectivity index (χ0n) is 7.77. The fourth-order valence-electron chi connectivity index (χ4n) is 2.40. The summed E-state index contributed by atoms with van der Waals surface area (Å²) in [5.41, 5.74) is 0.962. The molecule has 2 aliphatic rings. The van der Waals surface area contributed by atoms with Crippen molar-refractivity contribution in [3.8, 4) is 0 Å². The van der Waals surface area contributed by atoms with E-state index in [1.54, 1.807) is 0 Å². The van der Waals surface area contributed by atoms with Gasteiger partial charge in [0.2, 0.25) is 0 Å². The molecule has 2 atom stereocenters. The van der Waals surface area contributed by atoms with Crippen molar-refractivity contribution in [2.24, 2.45) is 11.8 Å². The number of nitro groups is 1. The number of nitrogens with zero attached hydrogens (tertiary/aromatic N) is 2. The van der Waals surface area contributed by atoms with Gasteiger partial charge in [-0.1, -0.05) is 0 Å². The minimum absolute atomic E-state index is 0.321. The smallest absolute Gasteiger partial charge is 0.253 e. The summed E-state index contributed by atoms with van der Waals surface area (Å²) in [5, 5.41) is 10.4. The lowest BCUT2D eigenvalue weighted by atomic mass is 9.75. The van der Waals surface area contributed by atoms with Crippen LogP contribution in [0.5, 0.6) is 0 Å². The Bertz CT molecular complexity index is 262. The van der Waals surface area contributed by atoms with E-state index in [2.05, 4.69) is 11.8 Å². The molecule has 1 aliphatic carbocycles. The van der Waals surface area contributed by atoms with Crippen LogP contribution in [0.3, 0.4) is 0 Å². The van der Waals surface area contributed by atoms with Gasteiger partial charge in [-0.3, -0.25) is 10.1 Å². The summed E-state index contributed by atoms with van der Waals surface area (Å²) >= 11 is 0. The van der Waals surface area contributed by atoms with E-state index in [0.29, 0.717) is 11.8 Å². The van der Waals surface area contributed by atoms with E-state index in [0.717, 1.165) is 25.2 Å². The number of hydrogen-bond acceptors (Lipinski definition) is 3. The summed E-state index contributed by atoms with van der Waals surface area (Å²) < 4.78 is 0. The predicted molar refractivity (Wildman–Crippen MR) is 48.5 cm³/mol. The maximum Gasteiger partial charge on any atom is 0.253 e. The Morgan fingerprint density at radius 1 is 1.69 bits per heavy atom. The Hall–Kier alpha value is -1.06. The Morgan fingerprint density at radius 3 is 2.92 bits per heavy atom. The maximum atomic E-state index is 10.4. The van der Waals surface area contributed by atoms with Gasteiger partial charge in [-0.15, -0.1) is 0 Å². The Morgan fingerprint density at radius 2 is 2.46 bits per heavy atom. The fourth-order valence-corrected chi connectivity index (χ4v) is 2.40. The van der Waals surface area contributed by atoms with E-state index < -0.39 is 0 Å². The highest BCUT2D eigenvalue weighted by atomic mass is 16.6. The molecule has 1 heterocycles. The average Bonchev–Trinajstić information content (AvgIpc) is 2.22. The number of rotatable bonds is 2. The highest BCUT2D eigenvalue weighted by Gasteiger charge is 2.43. The molecule has 2 fully saturated rings. The predicted octanol–water partition coefficient (Wildman–Crippen LogP) is 1.47. The van der Waals surface area contributed by atoms with Crippen LogP contribution >= 0.6 is 0 Å². The molecule has 2 rings (SSSR count). The molecule has 72 valence electrons. The topological polar surface area (TPSA) is 46.4 Å². The van der Waals surface area contributed by atoms with Gasteiger partial charge in [-0.05, 0) is 25.7 Å². The first-order valence-corrected chi connectivity index (χ1v) is 4.82. The molecule has 4 nitrogen and oxygen atoms in total. The average molecular weight is 182 g/mol. The van der Waals surface area contributed by atoms with Crippen molar-refractivity contribution in [2.75, 3.05) is 13.1 Å². The molecule has 0 aromatic carbocycles. The normalized spacial score (nSPS) is 34.5. The highest BCUT2D eigenvalue weighted by Crippen LogP contribution is 2.46. The third-order valence-corrected chi connectivity index (χ3v) is 3.24. The van der Waals surface area contributed by atoms with Crippen LogP contribution in [-0.2, 0) is 0 Å². The molecule has 0 aromatic heterocycles. The lowest BCUT2D eigenvalue weighted by Crippen LogP contribution is -2.22. The van der Waals surface area contributed by atoms with Crippen LogP contribution in [0.1, 0.15) is 19.8 Å². The van der Waals surface area contributed by atoms with Crippen LogP contribution in [0.15, 0.2) is 11.9 Å². The van der Waals surface area contributed by atoms with Gasteiger partial charge in [-0.25, -0.2) is 0 Å². The van der Waals surface area contributed by atoms with Crippen LogP contribution in [0.25, 0.3) is 0 Å². The molecule has 0 bridgehead atoms. The first-order valence-electron chi connectivity index (χ1n) is 4.82. The minimum Gasteiger partial charge on any atom is -0.370 e. The second kappa shape index (κ2) is 3.01. The molecular formula is C9H14N2O2. The van der Waals surface area contributed by atoms with Crippen LogP contribution in [0, 0.1) is 22.0 Å². The summed E-state index contributed by atoms with van der Waals surface area (Å²) in [4.78, 5) is 12.2. The van der Waals surface area contributed by atoms with Crippen molar-refractivity contribution < 1.29 is 4.92 Å². The minimum atomic E-state index is -0.321. The molecule has 0 amide bonds. The largest absolute Gasteiger partial charge is 0.370 e. The number of allylic oxidation sites excluding steroid dienone is 1. The fraction of sp³-hybridized carbons (Fsp3) is 0.778. The number of likely N-dealkylation sites (tertiary alicyclic amines) is 1. The maximum absolute atomic E-state index is 10.4. The standard InChI is InChI=1S/C9H14N2O2/c1-2-10-5-7-3-4-8(7)9(10)6-11(12)13/h6-8H,2-5H2,1H3. The van der Waals surface area contributed by atoms with Crippen molar-refractivity contribution in [3.63, 3.8) is 0 Å². The van der Waals surface area contributed by atoms with Crippen LogP contribution in [0.4, 0.5) is 0 Å². The summed E-state index contributed by atoms with van der Waals surface area (Å²) in [6.07, 6.45) is 3.59. The SMILES string of the molecule is CCN1CC2CCC2C1=C[N+](=O)[O-]. The quantitative estimate of drug-likeness (QED) is 0.480. The van der Waals surface area contributed by atoms with Crippen molar-refractivity contribution in [3.05, 3.63) is 22.0 Å². The first kappa shape index (κ1) is 8.53. The Labute approximate surface area is 77.4 Å². The van der Waals surface area contributed by atoms with Gasteiger partial charge in [0.25, 0.3) is 6.20 Å². The molecule has 4 heteroatoms. The van der Waals surface area contributed by atoms with Gasteiger partial charge in [0.1, 0.15) is 0 Å². The molecule has 1 saturated heterocycles. The molecule has 2 unspecified atom stereocenters. The van der Waals surface area contributed by atoms with Crippen molar-refractivity contribution in [2.45, 2.75) is 19.8 Å². The van der Waals surface area contributed by atoms with E-state index in [4.69, 9.17) is 0 Å². The Kier molecular flexibility index (Phi) is 1.98. The third-order valence-electron chi connectivity index (χ3n) is 3.24. The molecule has 0 N–H and O–H groups in total. The van der Waals surface area contributed by atoms with Gasteiger partial charge < -0.3 is 4.90 Å². The van der Waals surface area contributed by atoms with Crippen molar-refractivity contribution >= 4 is 0 Å². The van der Waals surface area contributed by atoms with Crippen molar-refractivity contribution in [1.29, 1.82) is 0 Å². The molecule has 0 radical (unpaired) electrons.